The number of ether oxygens (including phenoxy) is 1. The maximum atomic E-state index is 12.2. The minimum absolute atomic E-state index is 0.144. The van der Waals surface area contributed by atoms with Crippen LogP contribution in [0.4, 0.5) is 0 Å². The Hall–Kier alpha value is -0.650. The first-order valence-electron chi connectivity index (χ1n) is 7.49. The highest BCUT2D eigenvalue weighted by Gasteiger charge is 2.27. The maximum absolute atomic E-state index is 12.2. The predicted octanol–water partition coefficient (Wildman–Crippen LogP) is 0.683. The average molecular weight is 271 g/mol. The highest BCUT2D eigenvalue weighted by molar-refractivity contribution is 5.76. The summed E-state index contributed by atoms with van der Waals surface area (Å²) in [6.07, 6.45) is 1.82. The molecular weight excluding hydrogens is 242 g/mol. The van der Waals surface area contributed by atoms with Crippen LogP contribution in [-0.4, -0.2) is 67.2 Å². The molecule has 0 saturated carbocycles. The van der Waals surface area contributed by atoms with E-state index in [-0.39, 0.29) is 18.1 Å². The molecule has 2 unspecified atom stereocenters. The molecule has 1 aliphatic rings. The molecule has 0 aromatic heterocycles. The van der Waals surface area contributed by atoms with Gasteiger partial charge in [-0.05, 0) is 20.3 Å². The molecule has 0 aromatic rings. The second-order valence-corrected chi connectivity index (χ2v) is 5.06. The van der Waals surface area contributed by atoms with Crippen LogP contribution < -0.4 is 5.73 Å². The second kappa shape index (κ2) is 8.51. The summed E-state index contributed by atoms with van der Waals surface area (Å²) in [6, 6.07) is 0.144. The van der Waals surface area contributed by atoms with Crippen molar-refractivity contribution in [2.75, 3.05) is 39.3 Å². The van der Waals surface area contributed by atoms with E-state index >= 15 is 0 Å². The second-order valence-electron chi connectivity index (χ2n) is 5.06. The first-order valence-corrected chi connectivity index (χ1v) is 7.49. The van der Waals surface area contributed by atoms with E-state index in [1.807, 2.05) is 18.7 Å². The normalized spacial score (nSPS) is 22.2. The van der Waals surface area contributed by atoms with Gasteiger partial charge in [0.1, 0.15) is 0 Å². The van der Waals surface area contributed by atoms with Crippen LogP contribution in [-0.2, 0) is 9.53 Å². The molecule has 112 valence electrons. The Morgan fingerprint density at radius 3 is 2.63 bits per heavy atom. The monoisotopic (exact) mass is 271 g/mol. The smallest absolute Gasteiger partial charge is 0.224 e. The van der Waals surface area contributed by atoms with Crippen molar-refractivity contribution in [1.29, 1.82) is 0 Å². The molecule has 0 bridgehead atoms. The summed E-state index contributed by atoms with van der Waals surface area (Å²) in [5.74, 6) is 0.208. The molecule has 1 saturated heterocycles. The highest BCUT2D eigenvalue weighted by Crippen LogP contribution is 2.14. The molecule has 0 aliphatic carbocycles. The first-order chi connectivity index (χ1) is 9.15. The zero-order chi connectivity index (χ0) is 14.3. The van der Waals surface area contributed by atoms with Crippen LogP contribution >= 0.6 is 0 Å². The number of morpholine rings is 1. The minimum Gasteiger partial charge on any atom is -0.376 e. The van der Waals surface area contributed by atoms with E-state index in [4.69, 9.17) is 10.5 Å². The quantitative estimate of drug-likeness (QED) is 0.740. The third-order valence-corrected chi connectivity index (χ3v) is 3.94. The molecule has 1 amide bonds. The first kappa shape index (κ1) is 16.4. The third-order valence-electron chi connectivity index (χ3n) is 3.94. The highest BCUT2D eigenvalue weighted by atomic mass is 16.5. The summed E-state index contributed by atoms with van der Waals surface area (Å²) in [7, 11) is 0. The van der Waals surface area contributed by atoms with E-state index in [0.29, 0.717) is 13.0 Å². The number of nitrogens with two attached hydrogens (primary N) is 1. The molecule has 19 heavy (non-hydrogen) atoms. The van der Waals surface area contributed by atoms with Gasteiger partial charge in [0, 0.05) is 45.2 Å². The van der Waals surface area contributed by atoms with Gasteiger partial charge in [-0.1, -0.05) is 6.92 Å². The third kappa shape index (κ3) is 4.75. The lowest BCUT2D eigenvalue weighted by molar-refractivity contribution is -0.133. The van der Waals surface area contributed by atoms with Crippen molar-refractivity contribution in [3.8, 4) is 0 Å². The Bertz CT molecular complexity index is 269. The molecule has 0 radical (unpaired) electrons. The Morgan fingerprint density at radius 1 is 1.42 bits per heavy atom. The maximum Gasteiger partial charge on any atom is 0.224 e. The van der Waals surface area contributed by atoms with Crippen molar-refractivity contribution in [2.45, 2.75) is 45.8 Å². The van der Waals surface area contributed by atoms with Gasteiger partial charge in [0.05, 0.1) is 12.7 Å². The summed E-state index contributed by atoms with van der Waals surface area (Å²) in [5.41, 5.74) is 5.87. The minimum atomic E-state index is 0.144. The molecule has 1 fully saturated rings. The van der Waals surface area contributed by atoms with Gasteiger partial charge in [-0.15, -0.1) is 0 Å². The molecule has 0 aromatic carbocycles. The van der Waals surface area contributed by atoms with Crippen LogP contribution in [0.5, 0.6) is 0 Å². The molecular formula is C14H29N3O2. The van der Waals surface area contributed by atoms with Crippen molar-refractivity contribution in [1.82, 2.24) is 9.80 Å². The standard InChI is InChI=1S/C14H29N3O2/c1-4-13-11-17(7-8-19-13)12(10-15)9-14(18)16(5-2)6-3/h12-13H,4-11,15H2,1-3H3. The van der Waals surface area contributed by atoms with Crippen LogP contribution in [0.15, 0.2) is 0 Å². The largest absolute Gasteiger partial charge is 0.376 e. The van der Waals surface area contributed by atoms with Gasteiger partial charge in [0.2, 0.25) is 5.91 Å². The molecule has 1 rings (SSSR count). The fourth-order valence-corrected chi connectivity index (χ4v) is 2.59. The van der Waals surface area contributed by atoms with Crippen molar-refractivity contribution in [3.63, 3.8) is 0 Å². The Morgan fingerprint density at radius 2 is 2.11 bits per heavy atom. The van der Waals surface area contributed by atoms with E-state index in [9.17, 15) is 4.79 Å². The van der Waals surface area contributed by atoms with Gasteiger partial charge in [0.15, 0.2) is 0 Å². The van der Waals surface area contributed by atoms with Crippen molar-refractivity contribution in [3.05, 3.63) is 0 Å². The van der Waals surface area contributed by atoms with Gasteiger partial charge in [-0.25, -0.2) is 0 Å². The number of hydrogen-bond acceptors (Lipinski definition) is 4. The van der Waals surface area contributed by atoms with Gasteiger partial charge in [0.25, 0.3) is 0 Å². The van der Waals surface area contributed by atoms with E-state index in [0.717, 1.165) is 39.2 Å². The number of amides is 1. The number of carbonyl (C=O) groups is 1. The van der Waals surface area contributed by atoms with Crippen LogP contribution in [0, 0.1) is 0 Å². The van der Waals surface area contributed by atoms with E-state index in [2.05, 4.69) is 11.8 Å². The van der Waals surface area contributed by atoms with Gasteiger partial charge >= 0.3 is 0 Å². The van der Waals surface area contributed by atoms with Crippen molar-refractivity contribution >= 4 is 5.91 Å². The number of carbonyl (C=O) groups excluding carboxylic acids is 1. The Kier molecular flexibility index (Phi) is 7.34. The summed E-state index contributed by atoms with van der Waals surface area (Å²) in [6.45, 7) is 10.8. The summed E-state index contributed by atoms with van der Waals surface area (Å²) in [4.78, 5) is 16.4. The molecule has 5 heteroatoms. The molecule has 5 nitrogen and oxygen atoms in total. The molecule has 1 aliphatic heterocycles. The molecule has 2 atom stereocenters. The summed E-state index contributed by atoms with van der Waals surface area (Å²) in [5, 5.41) is 0. The topological polar surface area (TPSA) is 58.8 Å². The van der Waals surface area contributed by atoms with Gasteiger partial charge in [-0.2, -0.15) is 0 Å². The number of nitrogens with zero attached hydrogens (tertiary/aromatic N) is 2. The SMILES string of the molecule is CCC1CN(C(CN)CC(=O)N(CC)CC)CCO1. The van der Waals surface area contributed by atoms with Crippen LogP contribution in [0.3, 0.4) is 0 Å². The fourth-order valence-electron chi connectivity index (χ4n) is 2.59. The van der Waals surface area contributed by atoms with Crippen molar-refractivity contribution < 1.29 is 9.53 Å². The van der Waals surface area contributed by atoms with Crippen LogP contribution in [0.2, 0.25) is 0 Å². The molecule has 1 heterocycles. The lowest BCUT2D eigenvalue weighted by Gasteiger charge is -2.38. The van der Waals surface area contributed by atoms with Crippen LogP contribution in [0.1, 0.15) is 33.6 Å². The van der Waals surface area contributed by atoms with E-state index in [1.165, 1.54) is 0 Å². The predicted molar refractivity (Wildman–Crippen MR) is 77.0 cm³/mol. The molecule has 0 spiro atoms. The number of rotatable bonds is 7. The van der Waals surface area contributed by atoms with Gasteiger partial charge < -0.3 is 15.4 Å². The fraction of sp³-hybridized carbons (Fsp3) is 0.929. The average Bonchev–Trinajstić information content (AvgIpc) is 2.46. The zero-order valence-corrected chi connectivity index (χ0v) is 12.6. The van der Waals surface area contributed by atoms with Crippen molar-refractivity contribution in [2.24, 2.45) is 5.73 Å². The Balaban J connectivity index is 2.54. The zero-order valence-electron chi connectivity index (χ0n) is 12.6. The van der Waals surface area contributed by atoms with Crippen LogP contribution in [0.25, 0.3) is 0 Å². The molecule has 2 N–H and O–H groups in total. The van der Waals surface area contributed by atoms with Gasteiger partial charge in [-0.3, -0.25) is 9.69 Å². The summed E-state index contributed by atoms with van der Waals surface area (Å²) < 4.78 is 5.67. The lowest BCUT2D eigenvalue weighted by atomic mass is 10.1. The number of hydrogen-bond donors (Lipinski definition) is 1. The van der Waals surface area contributed by atoms with E-state index in [1.54, 1.807) is 0 Å². The van der Waals surface area contributed by atoms with E-state index < -0.39 is 0 Å². The lowest BCUT2D eigenvalue weighted by Crippen LogP contribution is -2.51. The summed E-state index contributed by atoms with van der Waals surface area (Å²) >= 11 is 0. The Labute approximate surface area is 117 Å².